The maximum atomic E-state index is 12.6. The van der Waals surface area contributed by atoms with Gasteiger partial charge in [0.1, 0.15) is 0 Å². The third-order valence-corrected chi connectivity index (χ3v) is 4.91. The molecule has 0 spiro atoms. The second-order valence-corrected chi connectivity index (χ2v) is 7.04. The van der Waals surface area contributed by atoms with Crippen LogP contribution in [0, 0.1) is 0 Å². The molecule has 1 aliphatic rings. The van der Waals surface area contributed by atoms with E-state index in [1.54, 1.807) is 24.3 Å². The van der Waals surface area contributed by atoms with E-state index in [2.05, 4.69) is 10.2 Å². The van der Waals surface area contributed by atoms with E-state index >= 15 is 0 Å². The average Bonchev–Trinajstić information content (AvgIpc) is 2.69. The summed E-state index contributed by atoms with van der Waals surface area (Å²) in [6.45, 7) is 4.71. The van der Waals surface area contributed by atoms with E-state index in [0.717, 1.165) is 30.9 Å². The zero-order valence-electron chi connectivity index (χ0n) is 15.5. The first-order chi connectivity index (χ1) is 13.1. The first-order valence-electron chi connectivity index (χ1n) is 9.27. The number of nitrogens with one attached hydrogen (secondary N) is 1. The number of piperazine rings is 1. The van der Waals surface area contributed by atoms with Crippen LogP contribution in [0.3, 0.4) is 0 Å². The normalized spacial score (nSPS) is 14.1. The Morgan fingerprint density at radius 2 is 1.67 bits per heavy atom. The SMILES string of the molecule is CCCC(=O)Nc1ccccc1N1CCN(C(=O)c2ccc(Cl)cc2)CC1. The third kappa shape index (κ3) is 4.80. The van der Waals surface area contributed by atoms with Crippen LogP contribution in [0.15, 0.2) is 48.5 Å². The van der Waals surface area contributed by atoms with Crippen LogP contribution >= 0.6 is 11.6 Å². The van der Waals surface area contributed by atoms with Crippen molar-refractivity contribution in [1.82, 2.24) is 4.90 Å². The Morgan fingerprint density at radius 3 is 2.33 bits per heavy atom. The number of benzene rings is 2. The molecule has 1 saturated heterocycles. The summed E-state index contributed by atoms with van der Waals surface area (Å²) in [6.07, 6.45) is 1.33. The zero-order chi connectivity index (χ0) is 19.2. The zero-order valence-corrected chi connectivity index (χ0v) is 16.2. The fourth-order valence-electron chi connectivity index (χ4n) is 3.22. The van der Waals surface area contributed by atoms with Gasteiger partial charge in [0, 0.05) is 43.2 Å². The maximum Gasteiger partial charge on any atom is 0.253 e. The number of carbonyl (C=O) groups is 2. The highest BCUT2D eigenvalue weighted by molar-refractivity contribution is 6.30. The molecule has 142 valence electrons. The number of nitrogens with zero attached hydrogens (tertiary/aromatic N) is 2. The summed E-state index contributed by atoms with van der Waals surface area (Å²) in [4.78, 5) is 28.7. The molecule has 2 amide bonds. The first kappa shape index (κ1) is 19.2. The minimum Gasteiger partial charge on any atom is -0.366 e. The standard InChI is InChI=1S/C21H24ClN3O2/c1-2-5-20(26)23-18-6-3-4-7-19(18)24-12-14-25(15-13-24)21(27)16-8-10-17(22)11-9-16/h3-4,6-11H,2,5,12-15H2,1H3,(H,23,26). The van der Waals surface area contributed by atoms with Crippen molar-refractivity contribution in [3.8, 4) is 0 Å². The van der Waals surface area contributed by atoms with Crippen molar-refractivity contribution in [3.05, 3.63) is 59.1 Å². The number of amides is 2. The van der Waals surface area contributed by atoms with Gasteiger partial charge in [-0.2, -0.15) is 0 Å². The van der Waals surface area contributed by atoms with Crippen LogP contribution in [-0.2, 0) is 4.79 Å². The first-order valence-corrected chi connectivity index (χ1v) is 9.65. The number of para-hydroxylation sites is 2. The predicted octanol–water partition coefficient (Wildman–Crippen LogP) is 4.04. The molecule has 0 bridgehead atoms. The molecule has 1 fully saturated rings. The number of anilines is 2. The van der Waals surface area contributed by atoms with Crippen LogP contribution in [0.1, 0.15) is 30.1 Å². The van der Waals surface area contributed by atoms with E-state index in [4.69, 9.17) is 11.6 Å². The van der Waals surface area contributed by atoms with Gasteiger partial charge in [-0.25, -0.2) is 0 Å². The number of rotatable bonds is 5. The fraction of sp³-hybridized carbons (Fsp3) is 0.333. The average molecular weight is 386 g/mol. The van der Waals surface area contributed by atoms with Gasteiger partial charge in [0.2, 0.25) is 5.91 Å². The number of hydrogen-bond donors (Lipinski definition) is 1. The van der Waals surface area contributed by atoms with Gasteiger partial charge in [-0.1, -0.05) is 30.7 Å². The molecule has 2 aromatic carbocycles. The molecule has 0 aliphatic carbocycles. The van der Waals surface area contributed by atoms with Gasteiger partial charge in [-0.05, 0) is 42.8 Å². The van der Waals surface area contributed by atoms with Crippen LogP contribution in [0.2, 0.25) is 5.02 Å². The third-order valence-electron chi connectivity index (χ3n) is 4.65. The van der Waals surface area contributed by atoms with Gasteiger partial charge in [0.25, 0.3) is 5.91 Å². The molecule has 1 aliphatic heterocycles. The lowest BCUT2D eigenvalue weighted by atomic mass is 10.1. The van der Waals surface area contributed by atoms with E-state index in [0.29, 0.717) is 30.1 Å². The van der Waals surface area contributed by atoms with Gasteiger partial charge < -0.3 is 15.1 Å². The number of hydrogen-bond acceptors (Lipinski definition) is 3. The van der Waals surface area contributed by atoms with Crippen molar-refractivity contribution in [2.75, 3.05) is 36.4 Å². The number of carbonyl (C=O) groups excluding carboxylic acids is 2. The molecule has 27 heavy (non-hydrogen) atoms. The van der Waals surface area contributed by atoms with E-state index in [-0.39, 0.29) is 11.8 Å². The molecule has 0 radical (unpaired) electrons. The van der Waals surface area contributed by atoms with E-state index in [9.17, 15) is 9.59 Å². The molecule has 0 atom stereocenters. The topological polar surface area (TPSA) is 52.7 Å². The van der Waals surface area contributed by atoms with Crippen LogP contribution in [-0.4, -0.2) is 42.9 Å². The fourth-order valence-corrected chi connectivity index (χ4v) is 3.35. The Labute approximate surface area is 164 Å². The highest BCUT2D eigenvalue weighted by Gasteiger charge is 2.23. The van der Waals surface area contributed by atoms with Gasteiger partial charge in [0.15, 0.2) is 0 Å². The largest absolute Gasteiger partial charge is 0.366 e. The van der Waals surface area contributed by atoms with Crippen LogP contribution in [0.5, 0.6) is 0 Å². The molecule has 1 N–H and O–H groups in total. The lowest BCUT2D eigenvalue weighted by Gasteiger charge is -2.37. The molecule has 0 aromatic heterocycles. The summed E-state index contributed by atoms with van der Waals surface area (Å²) in [5.41, 5.74) is 2.48. The van der Waals surface area contributed by atoms with Crippen molar-refractivity contribution in [1.29, 1.82) is 0 Å². The maximum absolute atomic E-state index is 12.6. The minimum absolute atomic E-state index is 0.0239. The molecule has 6 heteroatoms. The number of halogens is 1. The molecule has 5 nitrogen and oxygen atoms in total. The lowest BCUT2D eigenvalue weighted by molar-refractivity contribution is -0.116. The molecule has 0 saturated carbocycles. The van der Waals surface area contributed by atoms with Gasteiger partial charge >= 0.3 is 0 Å². The summed E-state index contributed by atoms with van der Waals surface area (Å²) in [5.74, 6) is 0.0531. The highest BCUT2D eigenvalue weighted by Crippen LogP contribution is 2.27. The second kappa shape index (κ2) is 8.91. The quantitative estimate of drug-likeness (QED) is 0.845. The van der Waals surface area contributed by atoms with Crippen LogP contribution in [0.25, 0.3) is 0 Å². The summed E-state index contributed by atoms with van der Waals surface area (Å²) in [6, 6.07) is 14.8. The van der Waals surface area contributed by atoms with Gasteiger partial charge in [-0.3, -0.25) is 9.59 Å². The van der Waals surface area contributed by atoms with E-state index < -0.39 is 0 Å². The monoisotopic (exact) mass is 385 g/mol. The molecule has 0 unspecified atom stereocenters. The van der Waals surface area contributed by atoms with Crippen molar-refractivity contribution in [3.63, 3.8) is 0 Å². The summed E-state index contributed by atoms with van der Waals surface area (Å²) in [7, 11) is 0. The molecular formula is C21H24ClN3O2. The molecular weight excluding hydrogens is 362 g/mol. The van der Waals surface area contributed by atoms with E-state index in [1.807, 2.05) is 36.1 Å². The van der Waals surface area contributed by atoms with Crippen molar-refractivity contribution in [2.24, 2.45) is 0 Å². The van der Waals surface area contributed by atoms with Crippen molar-refractivity contribution in [2.45, 2.75) is 19.8 Å². The smallest absolute Gasteiger partial charge is 0.253 e. The van der Waals surface area contributed by atoms with Crippen LogP contribution < -0.4 is 10.2 Å². The van der Waals surface area contributed by atoms with Gasteiger partial charge in [-0.15, -0.1) is 0 Å². The lowest BCUT2D eigenvalue weighted by Crippen LogP contribution is -2.49. The summed E-state index contributed by atoms with van der Waals surface area (Å²) < 4.78 is 0. The van der Waals surface area contributed by atoms with Gasteiger partial charge in [0.05, 0.1) is 11.4 Å². The summed E-state index contributed by atoms with van der Waals surface area (Å²) in [5, 5.41) is 3.62. The molecule has 2 aromatic rings. The Hall–Kier alpha value is -2.53. The van der Waals surface area contributed by atoms with E-state index in [1.165, 1.54) is 0 Å². The Bertz CT molecular complexity index is 799. The Morgan fingerprint density at radius 1 is 1.00 bits per heavy atom. The van der Waals surface area contributed by atoms with Crippen LogP contribution in [0.4, 0.5) is 11.4 Å². The second-order valence-electron chi connectivity index (χ2n) is 6.60. The predicted molar refractivity (Wildman–Crippen MR) is 110 cm³/mol. The molecule has 3 rings (SSSR count). The minimum atomic E-state index is 0.0239. The molecule has 1 heterocycles. The highest BCUT2D eigenvalue weighted by atomic mass is 35.5. The van der Waals surface area contributed by atoms with Crippen molar-refractivity contribution >= 4 is 34.8 Å². The Balaban J connectivity index is 1.65. The Kier molecular flexibility index (Phi) is 6.35. The summed E-state index contributed by atoms with van der Waals surface area (Å²) >= 11 is 5.90. The van der Waals surface area contributed by atoms with Crippen molar-refractivity contribution < 1.29 is 9.59 Å².